The van der Waals surface area contributed by atoms with Crippen LogP contribution >= 0.6 is 11.6 Å². The van der Waals surface area contributed by atoms with Gasteiger partial charge in [0.15, 0.2) is 0 Å². The number of carboxylic acids is 1. The van der Waals surface area contributed by atoms with Gasteiger partial charge in [0.2, 0.25) is 0 Å². The molecule has 0 radical (unpaired) electrons. The molecular weight excluding hydrogens is 300 g/mol. The van der Waals surface area contributed by atoms with E-state index >= 15 is 0 Å². The monoisotopic (exact) mass is 316 g/mol. The van der Waals surface area contributed by atoms with Gasteiger partial charge in [0.1, 0.15) is 5.75 Å². The minimum absolute atomic E-state index is 0.613. The zero-order chi connectivity index (χ0) is 15.9. The highest BCUT2D eigenvalue weighted by atomic mass is 35.5. The summed E-state index contributed by atoms with van der Waals surface area (Å²) >= 11 is 5.89. The van der Waals surface area contributed by atoms with Crippen molar-refractivity contribution < 1.29 is 14.6 Å². The molecule has 0 saturated heterocycles. The van der Waals surface area contributed by atoms with Gasteiger partial charge in [-0.05, 0) is 47.4 Å². The number of carboxylic acid groups (broad SMARTS) is 1. The van der Waals surface area contributed by atoms with Crippen molar-refractivity contribution in [3.05, 3.63) is 70.8 Å². The Morgan fingerprint density at radius 2 is 1.64 bits per heavy atom. The van der Waals surface area contributed by atoms with Crippen molar-refractivity contribution in [2.45, 2.75) is 13.3 Å². The van der Waals surface area contributed by atoms with Crippen LogP contribution in [0, 0.1) is 0 Å². The first-order valence-corrected chi connectivity index (χ1v) is 7.41. The van der Waals surface area contributed by atoms with E-state index in [1.807, 2.05) is 31.2 Å². The summed E-state index contributed by atoms with van der Waals surface area (Å²) in [6, 6.07) is 14.5. The normalized spacial score (nSPS) is 11.3. The zero-order valence-corrected chi connectivity index (χ0v) is 13.0. The molecule has 114 valence electrons. The third-order valence-corrected chi connectivity index (χ3v) is 3.31. The van der Waals surface area contributed by atoms with Crippen molar-refractivity contribution in [1.29, 1.82) is 0 Å². The van der Waals surface area contributed by atoms with Crippen LogP contribution in [-0.2, 0) is 4.79 Å². The van der Waals surface area contributed by atoms with E-state index in [1.165, 1.54) is 6.08 Å². The molecule has 0 heterocycles. The molecule has 0 fully saturated rings. The van der Waals surface area contributed by atoms with E-state index in [9.17, 15) is 4.79 Å². The quantitative estimate of drug-likeness (QED) is 0.789. The lowest BCUT2D eigenvalue weighted by molar-refractivity contribution is -0.131. The number of hydrogen-bond acceptors (Lipinski definition) is 2. The van der Waals surface area contributed by atoms with E-state index in [1.54, 1.807) is 24.3 Å². The van der Waals surface area contributed by atoms with E-state index in [4.69, 9.17) is 21.4 Å². The summed E-state index contributed by atoms with van der Waals surface area (Å²) in [5.41, 5.74) is 2.24. The van der Waals surface area contributed by atoms with Crippen molar-refractivity contribution in [3.63, 3.8) is 0 Å². The summed E-state index contributed by atoms with van der Waals surface area (Å²) in [7, 11) is 0. The highest BCUT2D eigenvalue weighted by Crippen LogP contribution is 2.26. The van der Waals surface area contributed by atoms with Crippen LogP contribution in [-0.4, -0.2) is 17.7 Å². The maximum absolute atomic E-state index is 11.1. The highest BCUT2D eigenvalue weighted by Gasteiger charge is 2.08. The number of ether oxygens (including phenoxy) is 1. The fourth-order valence-electron chi connectivity index (χ4n) is 2.04. The third-order valence-electron chi connectivity index (χ3n) is 3.06. The molecule has 0 unspecified atom stereocenters. The molecule has 2 rings (SSSR count). The van der Waals surface area contributed by atoms with Crippen molar-refractivity contribution >= 4 is 23.1 Å². The maximum Gasteiger partial charge on any atom is 0.328 e. The molecule has 0 saturated carbocycles. The number of aliphatic carboxylic acids is 1. The molecule has 0 aromatic heterocycles. The fraction of sp³-hybridized carbons (Fsp3) is 0.167. The van der Waals surface area contributed by atoms with Crippen LogP contribution < -0.4 is 4.74 Å². The van der Waals surface area contributed by atoms with E-state index in [0.717, 1.165) is 23.3 Å². The number of rotatable bonds is 6. The highest BCUT2D eigenvalue weighted by molar-refractivity contribution is 6.30. The lowest BCUT2D eigenvalue weighted by Crippen LogP contribution is -1.97. The smallest absolute Gasteiger partial charge is 0.328 e. The molecule has 3 nitrogen and oxygen atoms in total. The summed E-state index contributed by atoms with van der Waals surface area (Å²) < 4.78 is 5.54. The van der Waals surface area contributed by atoms with Gasteiger partial charge in [-0.15, -0.1) is 0 Å². The molecule has 0 spiro atoms. The van der Waals surface area contributed by atoms with Crippen LogP contribution in [0.15, 0.2) is 54.6 Å². The van der Waals surface area contributed by atoms with Gasteiger partial charge in [0.05, 0.1) is 6.61 Å². The first-order chi connectivity index (χ1) is 10.6. The minimum Gasteiger partial charge on any atom is -0.494 e. The van der Waals surface area contributed by atoms with Gasteiger partial charge in [-0.25, -0.2) is 4.79 Å². The summed E-state index contributed by atoms with van der Waals surface area (Å²) in [6.07, 6.45) is 2.14. The Labute approximate surface area is 134 Å². The summed E-state index contributed by atoms with van der Waals surface area (Å²) in [4.78, 5) is 11.1. The first-order valence-electron chi connectivity index (χ1n) is 7.04. The Bertz CT molecular complexity index is 658. The molecule has 0 amide bonds. The number of carbonyl (C=O) groups is 1. The average Bonchev–Trinajstić information content (AvgIpc) is 2.52. The van der Waals surface area contributed by atoms with Crippen LogP contribution in [0.25, 0.3) is 5.57 Å². The summed E-state index contributed by atoms with van der Waals surface area (Å²) in [5.74, 6) is -0.215. The summed E-state index contributed by atoms with van der Waals surface area (Å²) in [6.45, 7) is 2.71. The second kappa shape index (κ2) is 7.66. The number of halogens is 1. The minimum atomic E-state index is -0.990. The van der Waals surface area contributed by atoms with Crippen molar-refractivity contribution in [2.24, 2.45) is 0 Å². The lowest BCUT2D eigenvalue weighted by Gasteiger charge is -2.10. The number of hydrogen-bond donors (Lipinski definition) is 1. The number of benzene rings is 2. The molecule has 0 atom stereocenters. The topological polar surface area (TPSA) is 46.5 Å². The predicted octanol–water partition coefficient (Wildman–Crippen LogP) is 4.65. The summed E-state index contributed by atoms with van der Waals surface area (Å²) in [5, 5.41) is 9.72. The Kier molecular flexibility index (Phi) is 5.61. The van der Waals surface area contributed by atoms with Crippen LogP contribution in [0.3, 0.4) is 0 Å². The van der Waals surface area contributed by atoms with Gasteiger partial charge >= 0.3 is 5.97 Å². The lowest BCUT2D eigenvalue weighted by atomic mass is 9.97. The second-order valence-corrected chi connectivity index (χ2v) is 5.21. The van der Waals surface area contributed by atoms with Gasteiger partial charge in [0.25, 0.3) is 0 Å². The molecule has 1 N–H and O–H groups in total. The van der Waals surface area contributed by atoms with Gasteiger partial charge < -0.3 is 9.84 Å². The molecule has 22 heavy (non-hydrogen) atoms. The third kappa shape index (κ3) is 4.37. The average molecular weight is 317 g/mol. The van der Waals surface area contributed by atoms with E-state index < -0.39 is 5.97 Å². The molecule has 4 heteroatoms. The molecule has 0 aliphatic rings. The van der Waals surface area contributed by atoms with Crippen LogP contribution in [0.4, 0.5) is 0 Å². The first kappa shape index (κ1) is 16.1. The molecule has 2 aromatic carbocycles. The molecule has 0 aliphatic carbocycles. The van der Waals surface area contributed by atoms with Gasteiger partial charge in [-0.1, -0.05) is 42.8 Å². The second-order valence-electron chi connectivity index (χ2n) is 4.78. The van der Waals surface area contributed by atoms with Crippen LogP contribution in [0.5, 0.6) is 5.75 Å². The molecule has 0 bridgehead atoms. The molecule has 2 aromatic rings. The maximum atomic E-state index is 11.1. The Morgan fingerprint density at radius 1 is 1.09 bits per heavy atom. The largest absolute Gasteiger partial charge is 0.494 e. The van der Waals surface area contributed by atoms with Crippen LogP contribution in [0.1, 0.15) is 24.5 Å². The molecule has 0 aliphatic heterocycles. The molecular formula is C18H17ClO3. The van der Waals surface area contributed by atoms with Gasteiger partial charge in [-0.3, -0.25) is 0 Å². The van der Waals surface area contributed by atoms with Gasteiger partial charge in [-0.2, -0.15) is 0 Å². The Hall–Kier alpha value is -2.26. The van der Waals surface area contributed by atoms with E-state index in [-0.39, 0.29) is 0 Å². The van der Waals surface area contributed by atoms with E-state index in [2.05, 4.69) is 0 Å². The predicted molar refractivity (Wildman–Crippen MR) is 88.4 cm³/mol. The zero-order valence-electron chi connectivity index (χ0n) is 12.3. The SMILES string of the molecule is CCCOc1ccc(C(=CC(=O)O)c2ccc(Cl)cc2)cc1. The Balaban J connectivity index is 2.34. The van der Waals surface area contributed by atoms with Crippen molar-refractivity contribution in [2.75, 3.05) is 6.61 Å². The van der Waals surface area contributed by atoms with Crippen molar-refractivity contribution in [3.8, 4) is 5.75 Å². The van der Waals surface area contributed by atoms with E-state index in [0.29, 0.717) is 17.2 Å². The Morgan fingerprint density at radius 3 is 2.14 bits per heavy atom. The van der Waals surface area contributed by atoms with Crippen LogP contribution in [0.2, 0.25) is 5.02 Å². The van der Waals surface area contributed by atoms with Gasteiger partial charge in [0, 0.05) is 11.1 Å². The standard InChI is InChI=1S/C18H17ClO3/c1-2-11-22-16-9-5-14(6-10-16)17(12-18(20)21)13-3-7-15(19)8-4-13/h3-10,12H,2,11H2,1H3,(H,20,21). The van der Waals surface area contributed by atoms with Crippen molar-refractivity contribution in [1.82, 2.24) is 0 Å². The fourth-order valence-corrected chi connectivity index (χ4v) is 2.16.